The van der Waals surface area contributed by atoms with E-state index in [0.29, 0.717) is 31.5 Å². The van der Waals surface area contributed by atoms with E-state index in [1.54, 1.807) is 0 Å². The molecule has 0 aromatic carbocycles. The summed E-state index contributed by atoms with van der Waals surface area (Å²) in [5, 5.41) is 0. The Morgan fingerprint density at radius 1 is 1.27 bits per heavy atom. The van der Waals surface area contributed by atoms with Gasteiger partial charge in [0.1, 0.15) is 17.6 Å². The summed E-state index contributed by atoms with van der Waals surface area (Å²) in [7, 11) is 1.27. The molecule has 1 saturated carbocycles. The van der Waals surface area contributed by atoms with Gasteiger partial charge in [0.05, 0.1) is 7.11 Å². The van der Waals surface area contributed by atoms with Crippen LogP contribution >= 0.6 is 0 Å². The Balaban J connectivity index is 3.25. The Morgan fingerprint density at radius 3 is 2.41 bits per heavy atom. The van der Waals surface area contributed by atoms with Gasteiger partial charge in [-0.1, -0.05) is 27.7 Å². The van der Waals surface area contributed by atoms with Crippen LogP contribution in [0.5, 0.6) is 0 Å². The van der Waals surface area contributed by atoms with E-state index in [4.69, 9.17) is 4.74 Å². The number of Topliss-reactive ketones (excluding diaryl/α,β-unsaturated/α-hetero) is 2. The first-order chi connectivity index (χ1) is 10.3. The molecule has 1 aliphatic carbocycles. The molecule has 0 radical (unpaired) electrons. The van der Waals surface area contributed by atoms with E-state index in [9.17, 15) is 14.4 Å². The Kier molecular flexibility index (Phi) is 6.45. The van der Waals surface area contributed by atoms with Crippen LogP contribution in [-0.4, -0.2) is 36.9 Å². The molecule has 0 saturated heterocycles. The van der Waals surface area contributed by atoms with Crippen molar-refractivity contribution in [1.82, 2.24) is 0 Å². The van der Waals surface area contributed by atoms with Gasteiger partial charge in [-0.15, -0.1) is 0 Å². The van der Waals surface area contributed by atoms with Gasteiger partial charge in [-0.3, -0.25) is 19.4 Å². The molecule has 0 heterocycles. The van der Waals surface area contributed by atoms with Gasteiger partial charge in [-0.05, 0) is 24.7 Å². The summed E-state index contributed by atoms with van der Waals surface area (Å²) in [4.78, 5) is 41.7. The zero-order valence-corrected chi connectivity index (χ0v) is 14.3. The smallest absolute Gasteiger partial charge is 0.316 e. The molecule has 5 heteroatoms. The summed E-state index contributed by atoms with van der Waals surface area (Å²) in [5.74, 6) is -2.81. The van der Waals surface area contributed by atoms with Crippen LogP contribution in [0.4, 0.5) is 0 Å². The van der Waals surface area contributed by atoms with Crippen LogP contribution in [0, 0.1) is 17.3 Å². The standard InChI is InChI=1S/C17H27NO4/c1-6-8-12(19)13-11(18-9-7-2)10-17(3,4)14(15(13)20)16(21)22-5/h13-14H,6-10H2,1-5H3/t13-,14-/m0/s1. The zero-order chi connectivity index (χ0) is 16.9. The van der Waals surface area contributed by atoms with Gasteiger partial charge in [-0.25, -0.2) is 0 Å². The van der Waals surface area contributed by atoms with Crippen LogP contribution in [0.25, 0.3) is 0 Å². The summed E-state index contributed by atoms with van der Waals surface area (Å²) >= 11 is 0. The van der Waals surface area contributed by atoms with Crippen molar-refractivity contribution in [3.63, 3.8) is 0 Å². The van der Waals surface area contributed by atoms with Crippen molar-refractivity contribution in [2.75, 3.05) is 13.7 Å². The molecule has 2 atom stereocenters. The molecule has 124 valence electrons. The highest BCUT2D eigenvalue weighted by Crippen LogP contribution is 2.41. The molecule has 0 unspecified atom stereocenters. The second-order valence-electron chi connectivity index (χ2n) is 6.55. The number of rotatable bonds is 6. The van der Waals surface area contributed by atoms with Crippen LogP contribution in [0.1, 0.15) is 53.4 Å². The van der Waals surface area contributed by atoms with Crippen molar-refractivity contribution in [1.29, 1.82) is 0 Å². The highest BCUT2D eigenvalue weighted by Gasteiger charge is 2.52. The van der Waals surface area contributed by atoms with Gasteiger partial charge in [0.2, 0.25) is 0 Å². The summed E-state index contributed by atoms with van der Waals surface area (Å²) in [6.07, 6.45) is 2.33. The van der Waals surface area contributed by atoms with Gasteiger partial charge in [-0.2, -0.15) is 0 Å². The van der Waals surface area contributed by atoms with Crippen molar-refractivity contribution in [2.45, 2.75) is 53.4 Å². The fourth-order valence-electron chi connectivity index (χ4n) is 3.08. The molecule has 5 nitrogen and oxygen atoms in total. The molecule has 0 aliphatic heterocycles. The van der Waals surface area contributed by atoms with E-state index in [2.05, 4.69) is 4.99 Å². The Hall–Kier alpha value is -1.52. The Morgan fingerprint density at radius 2 is 1.91 bits per heavy atom. The maximum absolute atomic E-state index is 12.8. The zero-order valence-electron chi connectivity index (χ0n) is 14.3. The lowest BCUT2D eigenvalue weighted by atomic mass is 9.62. The first-order valence-electron chi connectivity index (χ1n) is 7.97. The number of methoxy groups -OCH3 is 1. The van der Waals surface area contributed by atoms with Crippen molar-refractivity contribution in [2.24, 2.45) is 22.2 Å². The van der Waals surface area contributed by atoms with Crippen LogP contribution in [-0.2, 0) is 19.1 Å². The van der Waals surface area contributed by atoms with E-state index < -0.39 is 23.2 Å². The van der Waals surface area contributed by atoms with Gasteiger partial charge < -0.3 is 4.74 Å². The van der Waals surface area contributed by atoms with Gasteiger partial charge in [0.25, 0.3) is 0 Å². The first kappa shape index (κ1) is 18.5. The normalized spacial score (nSPS) is 26.0. The SMILES string of the molecule is CCCN=C1CC(C)(C)[C@H](C(=O)OC)C(=O)[C@@H]1C(=O)CCC. The molecule has 0 spiro atoms. The van der Waals surface area contributed by atoms with E-state index in [0.717, 1.165) is 6.42 Å². The van der Waals surface area contributed by atoms with Crippen LogP contribution < -0.4 is 0 Å². The molecule has 0 bridgehead atoms. The molecule has 0 amide bonds. The molecule has 1 rings (SSSR count). The summed E-state index contributed by atoms with van der Waals surface area (Å²) in [5.41, 5.74) is 0.0511. The minimum Gasteiger partial charge on any atom is -0.468 e. The van der Waals surface area contributed by atoms with Crippen molar-refractivity contribution < 1.29 is 19.1 Å². The monoisotopic (exact) mass is 309 g/mol. The number of hydrogen-bond acceptors (Lipinski definition) is 5. The van der Waals surface area contributed by atoms with Crippen molar-refractivity contribution in [3.05, 3.63) is 0 Å². The van der Waals surface area contributed by atoms with Crippen LogP contribution in [0.3, 0.4) is 0 Å². The molecule has 22 heavy (non-hydrogen) atoms. The number of ether oxygens (including phenoxy) is 1. The number of carbonyl (C=O) groups is 3. The minimum atomic E-state index is -0.899. The van der Waals surface area contributed by atoms with Crippen LogP contribution in [0.2, 0.25) is 0 Å². The highest BCUT2D eigenvalue weighted by molar-refractivity contribution is 6.26. The minimum absolute atomic E-state index is 0.133. The van der Waals surface area contributed by atoms with E-state index >= 15 is 0 Å². The highest BCUT2D eigenvalue weighted by atomic mass is 16.5. The van der Waals surface area contributed by atoms with E-state index in [1.807, 2.05) is 27.7 Å². The lowest BCUT2D eigenvalue weighted by Crippen LogP contribution is -2.52. The fraction of sp³-hybridized carbons (Fsp3) is 0.765. The Labute approximate surface area is 132 Å². The third kappa shape index (κ3) is 3.81. The summed E-state index contributed by atoms with van der Waals surface area (Å²) in [6, 6.07) is 0. The van der Waals surface area contributed by atoms with Gasteiger partial charge >= 0.3 is 5.97 Å². The summed E-state index contributed by atoms with van der Waals surface area (Å²) < 4.78 is 4.79. The van der Waals surface area contributed by atoms with E-state index in [1.165, 1.54) is 7.11 Å². The number of ketones is 2. The molecule has 1 aliphatic rings. The number of esters is 1. The molecule has 1 fully saturated rings. The number of carbonyl (C=O) groups excluding carboxylic acids is 3. The third-order valence-electron chi connectivity index (χ3n) is 4.11. The largest absolute Gasteiger partial charge is 0.468 e. The third-order valence-corrected chi connectivity index (χ3v) is 4.11. The van der Waals surface area contributed by atoms with Gasteiger partial charge in [0, 0.05) is 18.7 Å². The predicted octanol–water partition coefficient (Wildman–Crippen LogP) is 2.61. The Bertz CT molecular complexity index is 479. The average molecular weight is 309 g/mol. The van der Waals surface area contributed by atoms with Gasteiger partial charge in [0.15, 0.2) is 5.78 Å². The topological polar surface area (TPSA) is 72.8 Å². The second kappa shape index (κ2) is 7.65. The number of aliphatic imine (C=N–C) groups is 1. The van der Waals surface area contributed by atoms with Crippen LogP contribution in [0.15, 0.2) is 4.99 Å². The maximum Gasteiger partial charge on any atom is 0.316 e. The molecule has 0 aromatic rings. The molecular weight excluding hydrogens is 282 g/mol. The second-order valence-corrected chi connectivity index (χ2v) is 6.55. The lowest BCUT2D eigenvalue weighted by Gasteiger charge is -2.39. The average Bonchev–Trinajstić information content (AvgIpc) is 2.43. The summed E-state index contributed by atoms with van der Waals surface area (Å²) in [6.45, 7) is 8.20. The maximum atomic E-state index is 12.8. The van der Waals surface area contributed by atoms with Crippen molar-refractivity contribution >= 4 is 23.2 Å². The molecule has 0 N–H and O–H groups in total. The molecular formula is C17H27NO4. The fourth-order valence-corrected chi connectivity index (χ4v) is 3.08. The quantitative estimate of drug-likeness (QED) is 0.558. The number of nitrogens with zero attached hydrogens (tertiary/aromatic N) is 1. The lowest BCUT2D eigenvalue weighted by molar-refractivity contribution is -0.156. The first-order valence-corrected chi connectivity index (χ1v) is 7.97. The predicted molar refractivity (Wildman–Crippen MR) is 84.9 cm³/mol. The number of hydrogen-bond donors (Lipinski definition) is 0. The van der Waals surface area contributed by atoms with E-state index in [-0.39, 0.29) is 11.6 Å². The van der Waals surface area contributed by atoms with Crippen molar-refractivity contribution in [3.8, 4) is 0 Å². The molecule has 0 aromatic heterocycles.